The third-order valence-electron chi connectivity index (χ3n) is 4.42. The Morgan fingerprint density at radius 2 is 1.85 bits per heavy atom. The van der Waals surface area contributed by atoms with Crippen LogP contribution in [0.3, 0.4) is 0 Å². The second-order valence-electron chi connectivity index (χ2n) is 6.39. The van der Waals surface area contributed by atoms with Crippen molar-refractivity contribution in [1.82, 2.24) is 24.1 Å². The average Bonchev–Trinajstić information content (AvgIpc) is 3.13. The van der Waals surface area contributed by atoms with Crippen LogP contribution in [0.25, 0.3) is 16.9 Å². The van der Waals surface area contributed by atoms with E-state index in [4.69, 9.17) is 0 Å². The average molecular weight is 360 g/mol. The van der Waals surface area contributed by atoms with E-state index in [-0.39, 0.29) is 5.69 Å². The first-order chi connectivity index (χ1) is 13.1. The predicted molar refractivity (Wildman–Crippen MR) is 105 cm³/mol. The van der Waals surface area contributed by atoms with Gasteiger partial charge in [-0.15, -0.1) is 0 Å². The van der Waals surface area contributed by atoms with Crippen LogP contribution in [0, 0.1) is 13.8 Å². The molecule has 0 unspecified atom stereocenters. The van der Waals surface area contributed by atoms with Gasteiger partial charge in [0.15, 0.2) is 5.65 Å². The molecule has 1 N–H and O–H groups in total. The molecule has 0 aliphatic rings. The standard InChI is InChI=1S/C20H20N6O/c1-14-12-15(2)25(20(27)23-14)11-10-21-19-13-17(16-6-4-3-5-7-16)24-18-8-9-22-26(18)19/h3-9,12-13,21H,10-11H2,1-2H3. The molecule has 3 heterocycles. The summed E-state index contributed by atoms with van der Waals surface area (Å²) in [5.41, 5.74) is 4.10. The van der Waals surface area contributed by atoms with Gasteiger partial charge in [0, 0.05) is 42.2 Å². The van der Waals surface area contributed by atoms with Crippen LogP contribution in [0.2, 0.25) is 0 Å². The summed E-state index contributed by atoms with van der Waals surface area (Å²) in [6.45, 7) is 4.83. The molecule has 3 aromatic heterocycles. The van der Waals surface area contributed by atoms with E-state index in [1.54, 1.807) is 15.3 Å². The summed E-state index contributed by atoms with van der Waals surface area (Å²) >= 11 is 0. The SMILES string of the molecule is Cc1cc(C)n(CCNc2cc(-c3ccccc3)nc3ccnn23)c(=O)n1. The van der Waals surface area contributed by atoms with Crippen LogP contribution in [-0.2, 0) is 6.54 Å². The molecular weight excluding hydrogens is 340 g/mol. The lowest BCUT2D eigenvalue weighted by atomic mass is 10.1. The van der Waals surface area contributed by atoms with Gasteiger partial charge in [-0.1, -0.05) is 30.3 Å². The van der Waals surface area contributed by atoms with E-state index >= 15 is 0 Å². The monoisotopic (exact) mass is 360 g/mol. The highest BCUT2D eigenvalue weighted by molar-refractivity contribution is 5.66. The number of hydrogen-bond acceptors (Lipinski definition) is 5. The van der Waals surface area contributed by atoms with Gasteiger partial charge in [-0.25, -0.2) is 9.78 Å². The van der Waals surface area contributed by atoms with Gasteiger partial charge < -0.3 is 5.32 Å². The van der Waals surface area contributed by atoms with Gasteiger partial charge in [0.05, 0.1) is 11.9 Å². The van der Waals surface area contributed by atoms with Crippen LogP contribution in [0.5, 0.6) is 0 Å². The highest BCUT2D eigenvalue weighted by atomic mass is 16.1. The fourth-order valence-electron chi connectivity index (χ4n) is 3.14. The van der Waals surface area contributed by atoms with Crippen molar-refractivity contribution in [1.29, 1.82) is 0 Å². The number of fused-ring (bicyclic) bond motifs is 1. The van der Waals surface area contributed by atoms with E-state index in [9.17, 15) is 4.79 Å². The molecule has 0 saturated carbocycles. The van der Waals surface area contributed by atoms with Gasteiger partial charge in [-0.3, -0.25) is 4.57 Å². The summed E-state index contributed by atoms with van der Waals surface area (Å²) < 4.78 is 3.43. The molecule has 0 aliphatic heterocycles. The Morgan fingerprint density at radius 1 is 1.04 bits per heavy atom. The van der Waals surface area contributed by atoms with Gasteiger partial charge in [-0.2, -0.15) is 14.6 Å². The molecule has 0 fully saturated rings. The van der Waals surface area contributed by atoms with Crippen LogP contribution in [0.15, 0.2) is 59.5 Å². The first-order valence-corrected chi connectivity index (χ1v) is 8.81. The Labute approximate surface area is 156 Å². The van der Waals surface area contributed by atoms with E-state index in [0.29, 0.717) is 13.1 Å². The van der Waals surface area contributed by atoms with Crippen molar-refractivity contribution < 1.29 is 0 Å². The fraction of sp³-hybridized carbons (Fsp3) is 0.200. The molecule has 27 heavy (non-hydrogen) atoms. The molecule has 7 nitrogen and oxygen atoms in total. The number of aromatic nitrogens is 5. The van der Waals surface area contributed by atoms with Gasteiger partial charge in [0.1, 0.15) is 5.82 Å². The normalized spacial score (nSPS) is 11.0. The molecular formula is C20H20N6O. The fourth-order valence-corrected chi connectivity index (χ4v) is 3.14. The van der Waals surface area contributed by atoms with Gasteiger partial charge >= 0.3 is 5.69 Å². The molecule has 136 valence electrons. The van der Waals surface area contributed by atoms with Crippen molar-refractivity contribution >= 4 is 11.5 Å². The lowest BCUT2D eigenvalue weighted by Gasteiger charge is -2.13. The summed E-state index contributed by atoms with van der Waals surface area (Å²) in [6, 6.07) is 15.8. The molecule has 0 atom stereocenters. The number of aryl methyl sites for hydroxylation is 2. The van der Waals surface area contributed by atoms with Gasteiger partial charge in [0.2, 0.25) is 0 Å². The van der Waals surface area contributed by atoms with Crippen molar-refractivity contribution in [3.05, 3.63) is 76.6 Å². The summed E-state index contributed by atoms with van der Waals surface area (Å²) in [5, 5.41) is 7.71. The highest BCUT2D eigenvalue weighted by Crippen LogP contribution is 2.21. The largest absolute Gasteiger partial charge is 0.368 e. The Bertz CT molecular complexity index is 1150. The number of hydrogen-bond donors (Lipinski definition) is 1. The zero-order valence-corrected chi connectivity index (χ0v) is 15.3. The number of rotatable bonds is 5. The third-order valence-corrected chi connectivity index (χ3v) is 4.42. The number of nitrogens with zero attached hydrogens (tertiary/aromatic N) is 5. The number of nitrogens with one attached hydrogen (secondary N) is 1. The minimum Gasteiger partial charge on any atom is -0.368 e. The molecule has 0 radical (unpaired) electrons. The molecule has 0 amide bonds. The zero-order valence-electron chi connectivity index (χ0n) is 15.3. The number of benzene rings is 1. The van der Waals surface area contributed by atoms with Crippen molar-refractivity contribution in [2.45, 2.75) is 20.4 Å². The van der Waals surface area contributed by atoms with Crippen molar-refractivity contribution in [2.75, 3.05) is 11.9 Å². The molecule has 0 saturated heterocycles. The Hall–Kier alpha value is -3.48. The second kappa shape index (κ2) is 7.03. The maximum absolute atomic E-state index is 12.1. The van der Waals surface area contributed by atoms with Crippen molar-refractivity contribution in [3.8, 4) is 11.3 Å². The predicted octanol–water partition coefficient (Wildman–Crippen LogP) is 2.68. The smallest absolute Gasteiger partial charge is 0.348 e. The maximum atomic E-state index is 12.1. The molecule has 7 heteroatoms. The quantitative estimate of drug-likeness (QED) is 0.592. The maximum Gasteiger partial charge on any atom is 0.348 e. The summed E-state index contributed by atoms with van der Waals surface area (Å²) in [6.07, 6.45) is 1.72. The first-order valence-electron chi connectivity index (χ1n) is 8.81. The minimum absolute atomic E-state index is 0.224. The van der Waals surface area contributed by atoms with E-state index in [1.165, 1.54) is 0 Å². The van der Waals surface area contributed by atoms with Gasteiger partial charge in [0.25, 0.3) is 0 Å². The van der Waals surface area contributed by atoms with Crippen LogP contribution in [0.1, 0.15) is 11.4 Å². The molecule has 1 aromatic carbocycles. The van der Waals surface area contributed by atoms with E-state index in [2.05, 4.69) is 20.4 Å². The summed E-state index contributed by atoms with van der Waals surface area (Å²) in [7, 11) is 0. The zero-order chi connectivity index (χ0) is 18.8. The molecule has 0 aliphatic carbocycles. The summed E-state index contributed by atoms with van der Waals surface area (Å²) in [5.74, 6) is 0.828. The molecule has 0 bridgehead atoms. The minimum atomic E-state index is -0.224. The third kappa shape index (κ3) is 3.44. The Kier molecular flexibility index (Phi) is 4.42. The van der Waals surface area contributed by atoms with Crippen molar-refractivity contribution in [2.24, 2.45) is 0 Å². The molecule has 4 aromatic rings. The van der Waals surface area contributed by atoms with Crippen LogP contribution in [0.4, 0.5) is 5.82 Å². The summed E-state index contributed by atoms with van der Waals surface area (Å²) in [4.78, 5) is 20.8. The van der Waals surface area contributed by atoms with Gasteiger partial charge in [-0.05, 0) is 19.9 Å². The lowest BCUT2D eigenvalue weighted by molar-refractivity contribution is 0.646. The van der Waals surface area contributed by atoms with E-state index in [1.807, 2.05) is 62.4 Å². The van der Waals surface area contributed by atoms with Crippen molar-refractivity contribution in [3.63, 3.8) is 0 Å². The molecule has 0 spiro atoms. The first kappa shape index (κ1) is 17.0. The lowest BCUT2D eigenvalue weighted by Crippen LogP contribution is -2.28. The number of anilines is 1. The van der Waals surface area contributed by atoms with E-state index in [0.717, 1.165) is 34.1 Å². The molecule has 4 rings (SSSR count). The van der Waals surface area contributed by atoms with E-state index < -0.39 is 0 Å². The van der Waals surface area contributed by atoms with Crippen LogP contribution in [-0.4, -0.2) is 30.7 Å². The topological polar surface area (TPSA) is 77.1 Å². The highest BCUT2D eigenvalue weighted by Gasteiger charge is 2.09. The Balaban J connectivity index is 1.61. The second-order valence-corrected chi connectivity index (χ2v) is 6.39. The van der Waals surface area contributed by atoms with Crippen LogP contribution >= 0.6 is 0 Å². The Morgan fingerprint density at radius 3 is 2.63 bits per heavy atom. The van der Waals surface area contributed by atoms with Crippen LogP contribution < -0.4 is 11.0 Å².